The van der Waals surface area contributed by atoms with E-state index in [1.165, 1.54) is 0 Å². The van der Waals surface area contributed by atoms with E-state index in [-0.39, 0.29) is 23.7 Å². The number of amides is 2. The summed E-state index contributed by atoms with van der Waals surface area (Å²) in [5, 5.41) is 2.92. The number of anilines is 2. The fourth-order valence-corrected chi connectivity index (χ4v) is 3.76. The number of carbonyl (C=O) groups is 2. The van der Waals surface area contributed by atoms with Crippen LogP contribution in [0, 0.1) is 0 Å². The van der Waals surface area contributed by atoms with Crippen LogP contribution in [-0.2, 0) is 14.0 Å². The highest BCUT2D eigenvalue weighted by atomic mass is 28.2. The average molecular weight is 379 g/mol. The first kappa shape index (κ1) is 18.7. The molecular formula is C18H26N2O5Si. The lowest BCUT2D eigenvalue weighted by atomic mass is 10.0. The van der Waals surface area contributed by atoms with Crippen LogP contribution in [-0.4, -0.2) is 46.6 Å². The highest BCUT2D eigenvalue weighted by molar-refractivity contribution is 6.31. The first-order valence-electron chi connectivity index (χ1n) is 8.74. The van der Waals surface area contributed by atoms with Gasteiger partial charge in [-0.25, -0.2) is 4.79 Å². The average Bonchev–Trinajstić information content (AvgIpc) is 2.94. The molecule has 2 amide bonds. The second-order valence-corrected chi connectivity index (χ2v) is 11.2. The maximum absolute atomic E-state index is 12.4. The number of ether oxygens (including phenoxy) is 2. The number of fused-ring (bicyclic) bond motifs is 1. The maximum Gasteiger partial charge on any atom is 0.414 e. The molecule has 1 fully saturated rings. The van der Waals surface area contributed by atoms with E-state index in [1.54, 1.807) is 23.1 Å². The lowest BCUT2D eigenvalue weighted by Gasteiger charge is -2.33. The molecule has 142 valence electrons. The van der Waals surface area contributed by atoms with Crippen LogP contribution in [0.2, 0.25) is 5.04 Å². The Labute approximate surface area is 155 Å². The van der Waals surface area contributed by atoms with Gasteiger partial charge in [0.2, 0.25) is 0 Å². The molecule has 1 aromatic carbocycles. The zero-order valence-corrected chi connectivity index (χ0v) is 17.3. The molecule has 2 aliphatic heterocycles. The Balaban J connectivity index is 1.74. The monoisotopic (exact) mass is 378 g/mol. The van der Waals surface area contributed by atoms with Crippen LogP contribution in [0.15, 0.2) is 18.2 Å². The van der Waals surface area contributed by atoms with E-state index in [1.807, 2.05) is 13.8 Å². The first-order valence-corrected chi connectivity index (χ1v) is 10.0. The minimum absolute atomic E-state index is 0.00334. The Morgan fingerprint density at radius 1 is 1.23 bits per heavy atom. The molecule has 8 heteroatoms. The van der Waals surface area contributed by atoms with Crippen LogP contribution in [0.25, 0.3) is 0 Å². The normalized spacial score (nSPS) is 20.8. The smallest absolute Gasteiger partial charge is 0.414 e. The predicted octanol–water partition coefficient (Wildman–Crippen LogP) is 2.44. The molecule has 1 atom stereocenters. The van der Waals surface area contributed by atoms with Crippen molar-refractivity contribution in [1.82, 2.24) is 0 Å². The van der Waals surface area contributed by atoms with E-state index < -0.39 is 21.5 Å². The Morgan fingerprint density at radius 3 is 2.65 bits per heavy atom. The zero-order valence-electron chi connectivity index (χ0n) is 15.9. The number of nitrogens with one attached hydrogen (secondary N) is 1. The summed E-state index contributed by atoms with van der Waals surface area (Å²) in [7, 11) is -0.776. The Kier molecular flexibility index (Phi) is 4.74. The summed E-state index contributed by atoms with van der Waals surface area (Å²) in [5.41, 5.74) is 0.673. The number of carbonyl (C=O) groups excluding carboxylic acids is 2. The van der Waals surface area contributed by atoms with Crippen molar-refractivity contribution in [2.75, 3.05) is 23.4 Å². The van der Waals surface area contributed by atoms with E-state index in [0.717, 1.165) is 0 Å². The van der Waals surface area contributed by atoms with Gasteiger partial charge in [-0.15, -0.1) is 0 Å². The van der Waals surface area contributed by atoms with Crippen molar-refractivity contribution in [2.24, 2.45) is 0 Å². The Hall–Kier alpha value is -2.06. The zero-order chi connectivity index (χ0) is 19.1. The molecule has 1 aromatic rings. The molecule has 1 N–H and O–H groups in total. The standard InChI is InChI=1S/C18H26N2O5Si/c1-17(2,3)26-25-18(4,5)14-9-20(16(22)24-14)11-6-7-13-12(8-11)19-15(21)10-23-13/h6-8,14H,9-10,26H2,1-5H3,(H,19,21)/t14-/m0/s1. The molecule has 2 aliphatic rings. The van der Waals surface area contributed by atoms with Gasteiger partial charge in [-0.2, -0.15) is 0 Å². The van der Waals surface area contributed by atoms with Crippen LogP contribution in [0.4, 0.5) is 16.2 Å². The summed E-state index contributed by atoms with van der Waals surface area (Å²) in [5.74, 6) is 0.385. The molecule has 0 bridgehead atoms. The third-order valence-corrected chi connectivity index (χ3v) is 6.13. The van der Waals surface area contributed by atoms with E-state index in [2.05, 4.69) is 26.1 Å². The molecule has 0 saturated carbocycles. The van der Waals surface area contributed by atoms with Crippen molar-refractivity contribution in [2.45, 2.75) is 51.4 Å². The SMILES string of the molecule is CC(C)(C)[SiH2]OC(C)(C)[C@@H]1CN(c2ccc3c(c2)NC(=O)CO3)C(=O)O1. The fraction of sp³-hybridized carbons (Fsp3) is 0.556. The third kappa shape index (κ3) is 4.02. The molecular weight excluding hydrogens is 352 g/mol. The topological polar surface area (TPSA) is 77.1 Å². The summed E-state index contributed by atoms with van der Waals surface area (Å²) >= 11 is 0. The molecule has 2 heterocycles. The van der Waals surface area contributed by atoms with Gasteiger partial charge in [-0.3, -0.25) is 9.69 Å². The molecule has 3 rings (SSSR count). The molecule has 0 unspecified atom stereocenters. The number of cyclic esters (lactones) is 1. The second kappa shape index (κ2) is 6.59. The maximum atomic E-state index is 12.4. The lowest BCUT2D eigenvalue weighted by Crippen LogP contribution is -2.43. The summed E-state index contributed by atoms with van der Waals surface area (Å²) in [6.07, 6.45) is -0.765. The minimum atomic E-state index is -0.776. The van der Waals surface area contributed by atoms with Crippen LogP contribution >= 0.6 is 0 Å². The third-order valence-electron chi connectivity index (χ3n) is 4.37. The van der Waals surface area contributed by atoms with Crippen molar-refractivity contribution < 1.29 is 23.5 Å². The highest BCUT2D eigenvalue weighted by Gasteiger charge is 2.43. The van der Waals surface area contributed by atoms with Crippen LogP contribution < -0.4 is 15.0 Å². The van der Waals surface area contributed by atoms with Crippen molar-refractivity contribution in [3.05, 3.63) is 18.2 Å². The summed E-state index contributed by atoms with van der Waals surface area (Å²) in [6.45, 7) is 10.8. The number of nitrogens with zero attached hydrogens (tertiary/aromatic N) is 1. The van der Waals surface area contributed by atoms with Gasteiger partial charge in [0.05, 0.1) is 17.8 Å². The second-order valence-electron chi connectivity index (χ2n) is 8.45. The van der Waals surface area contributed by atoms with E-state index >= 15 is 0 Å². The molecule has 0 spiro atoms. The molecule has 26 heavy (non-hydrogen) atoms. The molecule has 1 saturated heterocycles. The Bertz CT molecular complexity index is 729. The van der Waals surface area contributed by atoms with Gasteiger partial charge in [-0.1, -0.05) is 20.8 Å². The van der Waals surface area contributed by atoms with Gasteiger partial charge in [0.25, 0.3) is 5.91 Å². The van der Waals surface area contributed by atoms with E-state index in [4.69, 9.17) is 13.9 Å². The van der Waals surface area contributed by atoms with Crippen LogP contribution in [0.3, 0.4) is 0 Å². The van der Waals surface area contributed by atoms with Gasteiger partial charge in [-0.05, 0) is 37.1 Å². The number of hydrogen-bond donors (Lipinski definition) is 1. The fourth-order valence-electron chi connectivity index (χ4n) is 2.77. The lowest BCUT2D eigenvalue weighted by molar-refractivity contribution is -0.118. The summed E-state index contributed by atoms with van der Waals surface area (Å²) in [6, 6.07) is 5.27. The number of hydrogen-bond acceptors (Lipinski definition) is 5. The first-order chi connectivity index (χ1) is 12.0. The predicted molar refractivity (Wildman–Crippen MR) is 102 cm³/mol. The van der Waals surface area contributed by atoms with Gasteiger partial charge in [0, 0.05) is 5.69 Å². The number of benzene rings is 1. The van der Waals surface area contributed by atoms with Crippen molar-refractivity contribution in [3.63, 3.8) is 0 Å². The molecule has 0 aliphatic carbocycles. The number of rotatable bonds is 4. The van der Waals surface area contributed by atoms with Crippen LogP contribution in [0.5, 0.6) is 5.75 Å². The van der Waals surface area contributed by atoms with Crippen molar-refractivity contribution in [1.29, 1.82) is 0 Å². The van der Waals surface area contributed by atoms with Crippen LogP contribution in [0.1, 0.15) is 34.6 Å². The quantitative estimate of drug-likeness (QED) is 0.815. The minimum Gasteiger partial charge on any atom is -0.482 e. The summed E-state index contributed by atoms with van der Waals surface area (Å²) in [4.78, 5) is 25.5. The van der Waals surface area contributed by atoms with Gasteiger partial charge >= 0.3 is 6.09 Å². The van der Waals surface area contributed by atoms with Gasteiger partial charge < -0.3 is 19.2 Å². The van der Waals surface area contributed by atoms with Crippen molar-refractivity contribution in [3.8, 4) is 5.75 Å². The largest absolute Gasteiger partial charge is 0.482 e. The molecule has 7 nitrogen and oxygen atoms in total. The van der Waals surface area contributed by atoms with E-state index in [0.29, 0.717) is 23.7 Å². The molecule has 0 aromatic heterocycles. The van der Waals surface area contributed by atoms with E-state index in [9.17, 15) is 9.59 Å². The van der Waals surface area contributed by atoms with Gasteiger partial charge in [0.1, 0.15) is 11.9 Å². The Morgan fingerprint density at radius 2 is 1.96 bits per heavy atom. The summed E-state index contributed by atoms with van der Waals surface area (Å²) < 4.78 is 17.1. The van der Waals surface area contributed by atoms with Gasteiger partial charge in [0.15, 0.2) is 16.4 Å². The van der Waals surface area contributed by atoms with Crippen molar-refractivity contribution >= 4 is 33.1 Å². The molecule has 0 radical (unpaired) electrons. The highest BCUT2D eigenvalue weighted by Crippen LogP contribution is 2.35.